The molecule has 1 aliphatic rings. The largest absolute Gasteiger partial charge is 0.358 e. The van der Waals surface area contributed by atoms with E-state index in [-0.39, 0.29) is 11.8 Å². The van der Waals surface area contributed by atoms with E-state index in [0.717, 1.165) is 4.90 Å². The molecule has 2 amide bonds. The fourth-order valence-corrected chi connectivity index (χ4v) is 3.00. The summed E-state index contributed by atoms with van der Waals surface area (Å²) in [4.78, 5) is 28.8. The van der Waals surface area contributed by atoms with Crippen molar-refractivity contribution in [2.45, 2.75) is 4.90 Å². The first-order chi connectivity index (χ1) is 10.5. The van der Waals surface area contributed by atoms with E-state index in [0.29, 0.717) is 43.3 Å². The van der Waals surface area contributed by atoms with Gasteiger partial charge in [0.2, 0.25) is 5.91 Å². The number of thioether (sulfide) groups is 1. The smallest absolute Gasteiger partial charge is 0.255 e. The maximum Gasteiger partial charge on any atom is 0.255 e. The Labute approximate surface area is 140 Å². The molecular formula is C15H20ClN3O2S. The van der Waals surface area contributed by atoms with Crippen molar-refractivity contribution < 1.29 is 9.59 Å². The number of nitrogens with zero attached hydrogens (tertiary/aromatic N) is 2. The third kappa shape index (κ3) is 4.15. The minimum Gasteiger partial charge on any atom is -0.358 e. The third-order valence-electron chi connectivity index (χ3n) is 3.71. The van der Waals surface area contributed by atoms with E-state index in [9.17, 15) is 9.59 Å². The highest BCUT2D eigenvalue weighted by atomic mass is 35.5. The summed E-state index contributed by atoms with van der Waals surface area (Å²) in [5, 5.41) is 3.09. The van der Waals surface area contributed by atoms with Crippen LogP contribution in [0.25, 0.3) is 0 Å². The molecule has 1 N–H and O–H groups in total. The predicted octanol–water partition coefficient (Wildman–Crippen LogP) is 1.57. The van der Waals surface area contributed by atoms with Crippen LogP contribution in [0.15, 0.2) is 23.1 Å². The summed E-state index contributed by atoms with van der Waals surface area (Å²) in [7, 11) is 1.63. The molecule has 0 unspecified atom stereocenters. The van der Waals surface area contributed by atoms with Crippen LogP contribution in [0.1, 0.15) is 10.4 Å². The van der Waals surface area contributed by atoms with Crippen LogP contribution in [-0.2, 0) is 4.79 Å². The van der Waals surface area contributed by atoms with Gasteiger partial charge in [-0.05, 0) is 24.5 Å². The second kappa shape index (κ2) is 7.85. The van der Waals surface area contributed by atoms with Gasteiger partial charge >= 0.3 is 0 Å². The Kier molecular flexibility index (Phi) is 6.11. The van der Waals surface area contributed by atoms with Crippen LogP contribution in [0.3, 0.4) is 0 Å². The van der Waals surface area contributed by atoms with Crippen molar-refractivity contribution in [3.05, 3.63) is 28.8 Å². The summed E-state index contributed by atoms with van der Waals surface area (Å²) in [6.45, 7) is 2.98. The van der Waals surface area contributed by atoms with Crippen molar-refractivity contribution in [1.29, 1.82) is 0 Å². The van der Waals surface area contributed by atoms with Crippen LogP contribution in [-0.4, -0.2) is 67.6 Å². The highest BCUT2D eigenvalue weighted by molar-refractivity contribution is 7.98. The third-order valence-corrected chi connectivity index (χ3v) is 4.76. The van der Waals surface area contributed by atoms with Gasteiger partial charge in [-0.25, -0.2) is 0 Å². The Hall–Kier alpha value is -1.24. The fraction of sp³-hybridized carbons (Fsp3) is 0.467. The number of carbonyl (C=O) groups excluding carboxylic acids is 2. The molecule has 1 saturated heterocycles. The van der Waals surface area contributed by atoms with Crippen LogP contribution in [0.4, 0.5) is 0 Å². The molecule has 0 spiro atoms. The van der Waals surface area contributed by atoms with Crippen molar-refractivity contribution in [2.75, 3.05) is 46.0 Å². The maximum atomic E-state index is 12.6. The van der Waals surface area contributed by atoms with Crippen molar-refractivity contribution in [2.24, 2.45) is 0 Å². The van der Waals surface area contributed by atoms with Gasteiger partial charge in [0, 0.05) is 38.1 Å². The summed E-state index contributed by atoms with van der Waals surface area (Å²) in [5.41, 5.74) is 0.549. The average molecular weight is 342 g/mol. The Morgan fingerprint density at radius 1 is 1.27 bits per heavy atom. The van der Waals surface area contributed by atoms with Gasteiger partial charge in [0.15, 0.2) is 0 Å². The molecule has 1 fully saturated rings. The SMILES string of the molecule is CNC(=O)CN1CCN(C(=O)c2cc(SC)ccc2Cl)CC1. The lowest BCUT2D eigenvalue weighted by Crippen LogP contribution is -2.50. The molecule has 1 aromatic carbocycles. The number of piperazine rings is 1. The lowest BCUT2D eigenvalue weighted by molar-refractivity contribution is -0.122. The highest BCUT2D eigenvalue weighted by Gasteiger charge is 2.24. The Morgan fingerprint density at radius 3 is 2.55 bits per heavy atom. The van der Waals surface area contributed by atoms with Gasteiger partial charge in [0.25, 0.3) is 5.91 Å². The van der Waals surface area contributed by atoms with Gasteiger partial charge in [0.05, 0.1) is 17.1 Å². The lowest BCUT2D eigenvalue weighted by Gasteiger charge is -2.34. The quantitative estimate of drug-likeness (QED) is 0.845. The average Bonchev–Trinajstić information content (AvgIpc) is 2.55. The zero-order chi connectivity index (χ0) is 16.1. The lowest BCUT2D eigenvalue weighted by atomic mass is 10.1. The van der Waals surface area contributed by atoms with Gasteiger partial charge in [-0.15, -0.1) is 11.8 Å². The summed E-state index contributed by atoms with van der Waals surface area (Å²) < 4.78 is 0. The molecular weight excluding hydrogens is 322 g/mol. The van der Waals surface area contributed by atoms with Crippen molar-refractivity contribution in [3.63, 3.8) is 0 Å². The number of hydrogen-bond donors (Lipinski definition) is 1. The number of nitrogens with one attached hydrogen (secondary N) is 1. The maximum absolute atomic E-state index is 12.6. The summed E-state index contributed by atoms with van der Waals surface area (Å²) in [6, 6.07) is 5.51. The number of benzene rings is 1. The van der Waals surface area contributed by atoms with Crippen LogP contribution in [0, 0.1) is 0 Å². The van der Waals surface area contributed by atoms with Crippen LogP contribution in [0.5, 0.6) is 0 Å². The molecule has 120 valence electrons. The highest BCUT2D eigenvalue weighted by Crippen LogP contribution is 2.24. The molecule has 2 rings (SSSR count). The Morgan fingerprint density at radius 2 is 1.95 bits per heavy atom. The predicted molar refractivity (Wildman–Crippen MR) is 89.6 cm³/mol. The monoisotopic (exact) mass is 341 g/mol. The molecule has 1 aliphatic heterocycles. The first-order valence-corrected chi connectivity index (χ1v) is 8.71. The normalized spacial score (nSPS) is 15.7. The van der Waals surface area contributed by atoms with E-state index in [1.54, 1.807) is 29.8 Å². The summed E-state index contributed by atoms with van der Waals surface area (Å²) in [5.74, 6) is -0.0454. The molecule has 5 nitrogen and oxygen atoms in total. The molecule has 0 atom stereocenters. The number of halogens is 1. The van der Waals surface area contributed by atoms with Gasteiger partial charge in [-0.1, -0.05) is 11.6 Å². The van der Waals surface area contributed by atoms with Crippen molar-refractivity contribution >= 4 is 35.2 Å². The zero-order valence-electron chi connectivity index (χ0n) is 12.8. The van der Waals surface area contributed by atoms with E-state index >= 15 is 0 Å². The molecule has 1 aromatic rings. The van der Waals surface area contributed by atoms with Crippen LogP contribution in [0.2, 0.25) is 5.02 Å². The van der Waals surface area contributed by atoms with Crippen LogP contribution >= 0.6 is 23.4 Å². The van der Waals surface area contributed by atoms with Gasteiger partial charge in [-0.3, -0.25) is 14.5 Å². The number of hydrogen-bond acceptors (Lipinski definition) is 4. The molecule has 0 radical (unpaired) electrons. The van der Waals surface area contributed by atoms with Crippen molar-refractivity contribution in [1.82, 2.24) is 15.1 Å². The molecule has 22 heavy (non-hydrogen) atoms. The molecule has 1 heterocycles. The number of rotatable bonds is 4. The Balaban J connectivity index is 1.99. The molecule has 0 aliphatic carbocycles. The fourth-order valence-electron chi connectivity index (χ4n) is 2.36. The minimum atomic E-state index is -0.0412. The Bertz CT molecular complexity index is 560. The number of carbonyl (C=O) groups is 2. The second-order valence-electron chi connectivity index (χ2n) is 5.09. The number of amides is 2. The first kappa shape index (κ1) is 17.1. The summed E-state index contributed by atoms with van der Waals surface area (Å²) in [6.07, 6.45) is 1.97. The van der Waals surface area contributed by atoms with Crippen LogP contribution < -0.4 is 5.32 Å². The molecule has 7 heteroatoms. The van der Waals surface area contributed by atoms with E-state index < -0.39 is 0 Å². The van der Waals surface area contributed by atoms with E-state index in [2.05, 4.69) is 5.32 Å². The first-order valence-electron chi connectivity index (χ1n) is 7.11. The van der Waals surface area contributed by atoms with Gasteiger partial charge in [-0.2, -0.15) is 0 Å². The number of likely N-dealkylation sites (N-methyl/N-ethyl adjacent to an activating group) is 1. The van der Waals surface area contributed by atoms with E-state index in [4.69, 9.17) is 11.6 Å². The molecule has 0 bridgehead atoms. The summed E-state index contributed by atoms with van der Waals surface area (Å²) >= 11 is 7.75. The van der Waals surface area contributed by atoms with E-state index in [1.165, 1.54) is 0 Å². The van der Waals surface area contributed by atoms with Gasteiger partial charge in [0.1, 0.15) is 0 Å². The van der Waals surface area contributed by atoms with Crippen molar-refractivity contribution in [3.8, 4) is 0 Å². The molecule has 0 aromatic heterocycles. The minimum absolute atomic E-state index is 0.00417. The van der Waals surface area contributed by atoms with E-state index in [1.807, 2.05) is 23.3 Å². The van der Waals surface area contributed by atoms with Gasteiger partial charge < -0.3 is 10.2 Å². The molecule has 0 saturated carbocycles. The zero-order valence-corrected chi connectivity index (χ0v) is 14.3. The standard InChI is InChI=1S/C15H20ClN3O2S/c1-17-14(20)10-18-5-7-19(8-6-18)15(21)12-9-11(22-2)3-4-13(12)16/h3-4,9H,5-8,10H2,1-2H3,(H,17,20). The second-order valence-corrected chi connectivity index (χ2v) is 6.37. The topological polar surface area (TPSA) is 52.7 Å².